The van der Waals surface area contributed by atoms with Gasteiger partial charge in [-0.2, -0.15) is 5.26 Å². The van der Waals surface area contributed by atoms with Crippen molar-refractivity contribution < 1.29 is 13.2 Å². The Bertz CT molecular complexity index is 1200. The SMILES string of the molecule is CCn1c(SCC(=O)Nc2ccccc2C#N)nc2cc(S(N)(=O)=O)ccc21. The summed E-state index contributed by atoms with van der Waals surface area (Å²) in [6.45, 7) is 2.54. The van der Waals surface area contributed by atoms with E-state index in [0.29, 0.717) is 28.5 Å². The molecule has 0 fully saturated rings. The number of nitriles is 1. The molecule has 0 radical (unpaired) electrons. The predicted molar refractivity (Wildman–Crippen MR) is 107 cm³/mol. The number of fused-ring (bicyclic) bond motifs is 1. The number of hydrogen-bond donors (Lipinski definition) is 2. The summed E-state index contributed by atoms with van der Waals surface area (Å²) in [5.74, 6) is -0.182. The number of benzene rings is 2. The average Bonchev–Trinajstić information content (AvgIpc) is 3.02. The zero-order valence-electron chi connectivity index (χ0n) is 14.9. The lowest BCUT2D eigenvalue weighted by Crippen LogP contribution is -2.15. The van der Waals surface area contributed by atoms with Gasteiger partial charge in [0.1, 0.15) is 6.07 Å². The van der Waals surface area contributed by atoms with Crippen LogP contribution in [-0.2, 0) is 21.4 Å². The summed E-state index contributed by atoms with van der Waals surface area (Å²) in [7, 11) is -3.82. The molecule has 3 N–H and O–H groups in total. The fourth-order valence-electron chi connectivity index (χ4n) is 2.69. The van der Waals surface area contributed by atoms with Gasteiger partial charge in [-0.1, -0.05) is 23.9 Å². The first-order chi connectivity index (χ1) is 13.3. The van der Waals surface area contributed by atoms with Gasteiger partial charge >= 0.3 is 0 Å². The van der Waals surface area contributed by atoms with Gasteiger partial charge in [-0.05, 0) is 37.3 Å². The van der Waals surface area contributed by atoms with Gasteiger partial charge in [0, 0.05) is 6.54 Å². The summed E-state index contributed by atoms with van der Waals surface area (Å²) < 4.78 is 25.0. The molecule has 0 aliphatic carbocycles. The van der Waals surface area contributed by atoms with Crippen molar-refractivity contribution >= 4 is 44.4 Å². The van der Waals surface area contributed by atoms with E-state index < -0.39 is 10.0 Å². The molecule has 3 aromatic rings. The molecular weight excluding hydrogens is 398 g/mol. The maximum absolute atomic E-state index is 12.3. The Morgan fingerprint density at radius 1 is 1.32 bits per heavy atom. The number of imidazole rings is 1. The number of aryl methyl sites for hydroxylation is 1. The third-order valence-corrected chi connectivity index (χ3v) is 5.87. The van der Waals surface area contributed by atoms with Crippen LogP contribution in [0.4, 0.5) is 5.69 Å². The van der Waals surface area contributed by atoms with Crippen molar-refractivity contribution in [3.8, 4) is 6.07 Å². The van der Waals surface area contributed by atoms with Crippen molar-refractivity contribution in [2.75, 3.05) is 11.1 Å². The predicted octanol–water partition coefficient (Wildman–Crippen LogP) is 2.31. The van der Waals surface area contributed by atoms with Crippen LogP contribution in [0, 0.1) is 11.3 Å². The number of primary sulfonamides is 1. The quantitative estimate of drug-likeness (QED) is 0.594. The summed E-state index contributed by atoms with van der Waals surface area (Å²) in [6.07, 6.45) is 0. The van der Waals surface area contributed by atoms with Crippen molar-refractivity contribution in [3.63, 3.8) is 0 Å². The number of rotatable bonds is 6. The molecule has 1 heterocycles. The minimum atomic E-state index is -3.82. The van der Waals surface area contributed by atoms with Gasteiger partial charge in [0.05, 0.1) is 32.9 Å². The number of nitrogens with zero attached hydrogens (tertiary/aromatic N) is 3. The van der Waals surface area contributed by atoms with Gasteiger partial charge in [0.2, 0.25) is 15.9 Å². The highest BCUT2D eigenvalue weighted by atomic mass is 32.2. The van der Waals surface area contributed by atoms with E-state index >= 15 is 0 Å². The first-order valence-electron chi connectivity index (χ1n) is 8.28. The lowest BCUT2D eigenvalue weighted by molar-refractivity contribution is -0.113. The minimum absolute atomic E-state index is 0.0110. The van der Waals surface area contributed by atoms with Crippen molar-refractivity contribution in [2.24, 2.45) is 5.14 Å². The van der Waals surface area contributed by atoms with Crippen molar-refractivity contribution in [1.82, 2.24) is 9.55 Å². The van der Waals surface area contributed by atoms with E-state index in [1.807, 2.05) is 17.6 Å². The summed E-state index contributed by atoms with van der Waals surface area (Å²) in [5, 5.41) is 17.6. The molecule has 0 spiro atoms. The number of nitrogens with one attached hydrogen (secondary N) is 1. The smallest absolute Gasteiger partial charge is 0.238 e. The maximum atomic E-state index is 12.3. The second-order valence-corrected chi connectivity index (χ2v) is 8.33. The Labute approximate surface area is 166 Å². The number of hydrogen-bond acceptors (Lipinski definition) is 6. The van der Waals surface area contributed by atoms with Crippen LogP contribution in [0.25, 0.3) is 11.0 Å². The van der Waals surface area contributed by atoms with Gasteiger partial charge in [-0.15, -0.1) is 0 Å². The Kier molecular flexibility index (Phi) is 5.69. The summed E-state index contributed by atoms with van der Waals surface area (Å²) >= 11 is 1.23. The first kappa shape index (κ1) is 19.9. The van der Waals surface area contributed by atoms with E-state index in [2.05, 4.69) is 10.3 Å². The van der Waals surface area contributed by atoms with E-state index in [1.54, 1.807) is 30.3 Å². The molecule has 10 heteroatoms. The molecule has 0 aliphatic rings. The van der Waals surface area contributed by atoms with Crippen LogP contribution >= 0.6 is 11.8 Å². The fourth-order valence-corrected chi connectivity index (χ4v) is 4.10. The molecule has 8 nitrogen and oxygen atoms in total. The van der Waals surface area contributed by atoms with Crippen LogP contribution in [0.15, 0.2) is 52.5 Å². The summed E-state index contributed by atoms with van der Waals surface area (Å²) in [4.78, 5) is 16.7. The zero-order valence-corrected chi connectivity index (χ0v) is 16.5. The monoisotopic (exact) mass is 415 g/mol. The largest absolute Gasteiger partial charge is 0.324 e. The molecule has 0 aliphatic heterocycles. The second kappa shape index (κ2) is 8.02. The van der Waals surface area contributed by atoms with Gasteiger partial charge in [-0.3, -0.25) is 4.79 Å². The fraction of sp³-hybridized carbons (Fsp3) is 0.167. The topological polar surface area (TPSA) is 131 Å². The second-order valence-electron chi connectivity index (χ2n) is 5.83. The number of sulfonamides is 1. The van der Waals surface area contributed by atoms with E-state index in [9.17, 15) is 13.2 Å². The number of aromatic nitrogens is 2. The molecule has 1 aromatic heterocycles. The molecular formula is C18H17N5O3S2. The number of para-hydroxylation sites is 1. The van der Waals surface area contributed by atoms with Crippen LogP contribution in [0.1, 0.15) is 12.5 Å². The van der Waals surface area contributed by atoms with Crippen LogP contribution < -0.4 is 10.5 Å². The minimum Gasteiger partial charge on any atom is -0.324 e. The Hall–Kier alpha value is -2.87. The number of carbonyl (C=O) groups excluding carboxylic acids is 1. The molecule has 2 aromatic carbocycles. The van der Waals surface area contributed by atoms with E-state index in [1.165, 1.54) is 23.9 Å². The van der Waals surface area contributed by atoms with Crippen molar-refractivity contribution in [1.29, 1.82) is 5.26 Å². The van der Waals surface area contributed by atoms with Gasteiger partial charge < -0.3 is 9.88 Å². The van der Waals surface area contributed by atoms with E-state index in [4.69, 9.17) is 10.4 Å². The number of thioether (sulfide) groups is 1. The van der Waals surface area contributed by atoms with E-state index in [0.717, 1.165) is 5.52 Å². The molecule has 0 saturated carbocycles. The number of anilines is 1. The number of carbonyl (C=O) groups is 1. The molecule has 0 bridgehead atoms. The maximum Gasteiger partial charge on any atom is 0.238 e. The van der Waals surface area contributed by atoms with Gasteiger partial charge in [-0.25, -0.2) is 18.5 Å². The molecule has 0 saturated heterocycles. The lowest BCUT2D eigenvalue weighted by Gasteiger charge is -2.08. The molecule has 144 valence electrons. The average molecular weight is 416 g/mol. The highest BCUT2D eigenvalue weighted by molar-refractivity contribution is 7.99. The summed E-state index contributed by atoms with van der Waals surface area (Å²) in [5.41, 5.74) is 2.09. The Morgan fingerprint density at radius 2 is 2.07 bits per heavy atom. The molecule has 28 heavy (non-hydrogen) atoms. The third kappa shape index (κ3) is 4.17. The van der Waals surface area contributed by atoms with Crippen LogP contribution in [-0.4, -0.2) is 29.6 Å². The molecule has 3 rings (SSSR count). The number of nitrogens with two attached hydrogens (primary N) is 1. The Morgan fingerprint density at radius 3 is 2.75 bits per heavy atom. The van der Waals surface area contributed by atoms with Gasteiger partial charge in [0.15, 0.2) is 5.16 Å². The highest BCUT2D eigenvalue weighted by Gasteiger charge is 2.16. The van der Waals surface area contributed by atoms with Crippen LogP contribution in [0.3, 0.4) is 0 Å². The normalized spacial score (nSPS) is 11.3. The lowest BCUT2D eigenvalue weighted by atomic mass is 10.2. The third-order valence-electron chi connectivity index (χ3n) is 3.98. The van der Waals surface area contributed by atoms with Crippen molar-refractivity contribution in [3.05, 3.63) is 48.0 Å². The highest BCUT2D eigenvalue weighted by Crippen LogP contribution is 2.26. The Balaban J connectivity index is 1.80. The van der Waals surface area contributed by atoms with Crippen LogP contribution in [0.5, 0.6) is 0 Å². The van der Waals surface area contributed by atoms with Gasteiger partial charge in [0.25, 0.3) is 0 Å². The number of amides is 1. The molecule has 0 atom stereocenters. The first-order valence-corrected chi connectivity index (χ1v) is 10.8. The standard InChI is InChI=1S/C18H17N5O3S2/c1-2-23-16-8-7-13(28(20,25)26)9-15(16)22-18(23)27-11-17(24)21-14-6-4-3-5-12(14)10-19/h3-9H,2,11H2,1H3,(H,21,24)(H2,20,25,26). The van der Waals surface area contributed by atoms with E-state index in [-0.39, 0.29) is 16.6 Å². The zero-order chi connectivity index (χ0) is 20.3. The molecule has 0 unspecified atom stereocenters. The van der Waals surface area contributed by atoms with Crippen LogP contribution in [0.2, 0.25) is 0 Å². The summed E-state index contributed by atoms with van der Waals surface area (Å²) in [6, 6.07) is 13.3. The molecule has 1 amide bonds. The van der Waals surface area contributed by atoms with Crippen molar-refractivity contribution in [2.45, 2.75) is 23.5 Å².